The highest BCUT2D eigenvalue weighted by atomic mass is 32.1. The Hall–Kier alpha value is -2.97. The molecule has 4 rings (SSSR count). The molecule has 0 N–H and O–H groups in total. The zero-order valence-corrected chi connectivity index (χ0v) is 19.6. The lowest BCUT2D eigenvalue weighted by Crippen LogP contribution is -2.38. The maximum Gasteiger partial charge on any atom is 0.229 e. The molecule has 3 aromatic rings. The Bertz CT molecular complexity index is 1100. The molecule has 1 atom stereocenters. The van der Waals surface area contributed by atoms with Crippen molar-refractivity contribution < 1.29 is 23.4 Å². The van der Waals surface area contributed by atoms with Crippen LogP contribution >= 0.6 is 11.3 Å². The highest BCUT2D eigenvalue weighted by molar-refractivity contribution is 7.13. The minimum absolute atomic E-state index is 0.0141. The fourth-order valence-electron chi connectivity index (χ4n) is 3.90. The van der Waals surface area contributed by atoms with Crippen LogP contribution in [0.2, 0.25) is 0 Å². The largest absolute Gasteiger partial charge is 0.493 e. The van der Waals surface area contributed by atoms with Gasteiger partial charge in [-0.05, 0) is 48.7 Å². The molecule has 2 heterocycles. The van der Waals surface area contributed by atoms with E-state index in [4.69, 9.17) is 14.2 Å². The second kappa shape index (κ2) is 10.8. The molecule has 1 aliphatic heterocycles. The number of carbonyl (C=O) groups excluding carboxylic acids is 1. The van der Waals surface area contributed by atoms with Crippen LogP contribution in [-0.2, 0) is 22.5 Å². The quantitative estimate of drug-likeness (QED) is 0.453. The zero-order chi connectivity index (χ0) is 23.2. The van der Waals surface area contributed by atoms with Gasteiger partial charge in [-0.1, -0.05) is 12.1 Å². The van der Waals surface area contributed by atoms with Gasteiger partial charge in [0.1, 0.15) is 10.8 Å². The molecular weight excluding hydrogens is 443 g/mol. The molecule has 0 aliphatic carbocycles. The number of carbonyl (C=O) groups is 1. The summed E-state index contributed by atoms with van der Waals surface area (Å²) in [5.41, 5.74) is 2.35. The van der Waals surface area contributed by atoms with Crippen molar-refractivity contribution in [2.24, 2.45) is 0 Å². The summed E-state index contributed by atoms with van der Waals surface area (Å²) in [6, 6.07) is 12.0. The van der Waals surface area contributed by atoms with Gasteiger partial charge >= 0.3 is 0 Å². The Kier molecular flexibility index (Phi) is 7.57. The molecule has 1 saturated heterocycles. The number of hydrogen-bond donors (Lipinski definition) is 0. The van der Waals surface area contributed by atoms with Gasteiger partial charge in [0.05, 0.1) is 32.4 Å². The van der Waals surface area contributed by atoms with Crippen molar-refractivity contribution in [3.63, 3.8) is 0 Å². The number of nitrogens with zero attached hydrogens (tertiary/aromatic N) is 2. The van der Waals surface area contributed by atoms with Gasteiger partial charge < -0.3 is 19.1 Å². The summed E-state index contributed by atoms with van der Waals surface area (Å²) >= 11 is 1.48. The summed E-state index contributed by atoms with van der Waals surface area (Å²) in [6.07, 6.45) is 2.10. The summed E-state index contributed by atoms with van der Waals surface area (Å²) in [4.78, 5) is 19.6. The SMILES string of the molecule is COc1ccc(-c2nc(CC(=O)N(Cc3cccc(F)c3)CC3CCCO3)cs2)cc1OC. The second-order valence-electron chi connectivity index (χ2n) is 7.93. The molecule has 33 heavy (non-hydrogen) atoms. The van der Waals surface area contributed by atoms with E-state index in [1.807, 2.05) is 29.6 Å². The number of methoxy groups -OCH3 is 2. The molecule has 1 fully saturated rings. The summed E-state index contributed by atoms with van der Waals surface area (Å²) in [5.74, 6) is 0.908. The zero-order valence-electron chi connectivity index (χ0n) is 18.8. The van der Waals surface area contributed by atoms with E-state index in [0.717, 1.165) is 29.0 Å². The van der Waals surface area contributed by atoms with Crippen LogP contribution in [0, 0.1) is 5.82 Å². The van der Waals surface area contributed by atoms with Crippen molar-refractivity contribution in [2.75, 3.05) is 27.4 Å². The van der Waals surface area contributed by atoms with Crippen LogP contribution in [0.5, 0.6) is 11.5 Å². The van der Waals surface area contributed by atoms with Gasteiger partial charge in [0.15, 0.2) is 11.5 Å². The fourth-order valence-corrected chi connectivity index (χ4v) is 4.72. The van der Waals surface area contributed by atoms with E-state index in [2.05, 4.69) is 4.98 Å². The molecular formula is C25H27FN2O4S. The fraction of sp³-hybridized carbons (Fsp3) is 0.360. The highest BCUT2D eigenvalue weighted by Gasteiger charge is 2.24. The lowest BCUT2D eigenvalue weighted by atomic mass is 10.1. The molecule has 1 amide bonds. The number of aromatic nitrogens is 1. The van der Waals surface area contributed by atoms with Crippen LogP contribution in [0.4, 0.5) is 4.39 Å². The number of benzene rings is 2. The predicted molar refractivity (Wildman–Crippen MR) is 125 cm³/mol. The molecule has 0 spiro atoms. The predicted octanol–water partition coefficient (Wildman–Crippen LogP) is 4.72. The van der Waals surface area contributed by atoms with E-state index >= 15 is 0 Å². The summed E-state index contributed by atoms with van der Waals surface area (Å²) in [6.45, 7) is 1.54. The molecule has 8 heteroatoms. The van der Waals surface area contributed by atoms with E-state index < -0.39 is 0 Å². The summed E-state index contributed by atoms with van der Waals surface area (Å²) in [7, 11) is 3.19. The maximum atomic E-state index is 13.7. The number of amides is 1. The number of halogens is 1. The molecule has 0 bridgehead atoms. The van der Waals surface area contributed by atoms with Crippen LogP contribution in [0.15, 0.2) is 47.8 Å². The maximum absolute atomic E-state index is 13.7. The first-order chi connectivity index (χ1) is 16.1. The molecule has 6 nitrogen and oxygen atoms in total. The third kappa shape index (κ3) is 5.89. The van der Waals surface area contributed by atoms with Gasteiger partial charge in [0, 0.05) is 30.6 Å². The lowest BCUT2D eigenvalue weighted by molar-refractivity contribution is -0.132. The van der Waals surface area contributed by atoms with Crippen LogP contribution in [0.25, 0.3) is 10.6 Å². The van der Waals surface area contributed by atoms with Crippen LogP contribution in [0.3, 0.4) is 0 Å². The number of hydrogen-bond acceptors (Lipinski definition) is 6. The molecule has 1 aliphatic rings. The van der Waals surface area contributed by atoms with Crippen molar-refractivity contribution >= 4 is 17.2 Å². The van der Waals surface area contributed by atoms with Crippen LogP contribution in [0.1, 0.15) is 24.1 Å². The number of ether oxygens (including phenoxy) is 3. The van der Waals surface area contributed by atoms with Gasteiger partial charge in [-0.2, -0.15) is 0 Å². The molecule has 2 aromatic carbocycles. The first-order valence-corrected chi connectivity index (χ1v) is 11.7. The Labute approximate surface area is 196 Å². The minimum Gasteiger partial charge on any atom is -0.493 e. The van der Waals surface area contributed by atoms with Gasteiger partial charge in [-0.25, -0.2) is 9.37 Å². The monoisotopic (exact) mass is 470 g/mol. The molecule has 0 saturated carbocycles. The summed E-state index contributed by atoms with van der Waals surface area (Å²) < 4.78 is 30.1. The van der Waals surface area contributed by atoms with Gasteiger partial charge in [-0.3, -0.25) is 4.79 Å². The topological polar surface area (TPSA) is 60.9 Å². The molecule has 1 unspecified atom stereocenters. The van der Waals surface area contributed by atoms with Crippen molar-refractivity contribution in [2.45, 2.75) is 31.9 Å². The first-order valence-electron chi connectivity index (χ1n) is 10.9. The normalized spacial score (nSPS) is 15.4. The number of rotatable bonds is 9. The molecule has 0 radical (unpaired) electrons. The average molecular weight is 471 g/mol. The second-order valence-corrected chi connectivity index (χ2v) is 8.79. The highest BCUT2D eigenvalue weighted by Crippen LogP contribution is 2.33. The Morgan fingerprint density at radius 3 is 2.79 bits per heavy atom. The Balaban J connectivity index is 1.49. The molecule has 174 valence electrons. The van der Waals surface area contributed by atoms with Gasteiger partial charge in [-0.15, -0.1) is 11.3 Å². The van der Waals surface area contributed by atoms with Crippen LogP contribution in [-0.4, -0.2) is 49.3 Å². The number of thiazole rings is 1. The third-order valence-corrected chi connectivity index (χ3v) is 6.52. The van der Waals surface area contributed by atoms with E-state index in [1.165, 1.54) is 23.5 Å². The lowest BCUT2D eigenvalue weighted by Gasteiger charge is -2.25. The van der Waals surface area contributed by atoms with E-state index in [0.29, 0.717) is 36.9 Å². The average Bonchev–Trinajstić information content (AvgIpc) is 3.50. The van der Waals surface area contributed by atoms with E-state index in [-0.39, 0.29) is 24.2 Å². The van der Waals surface area contributed by atoms with E-state index in [9.17, 15) is 9.18 Å². The van der Waals surface area contributed by atoms with Crippen molar-refractivity contribution in [3.05, 3.63) is 64.9 Å². The first kappa shape index (κ1) is 23.2. The smallest absolute Gasteiger partial charge is 0.229 e. The van der Waals surface area contributed by atoms with E-state index in [1.54, 1.807) is 25.2 Å². The minimum atomic E-state index is -0.309. The van der Waals surface area contributed by atoms with Crippen LogP contribution < -0.4 is 9.47 Å². The van der Waals surface area contributed by atoms with Crippen molar-refractivity contribution in [3.8, 4) is 22.1 Å². The Morgan fingerprint density at radius 2 is 2.06 bits per heavy atom. The van der Waals surface area contributed by atoms with Gasteiger partial charge in [0.25, 0.3) is 0 Å². The third-order valence-electron chi connectivity index (χ3n) is 5.58. The molecule has 1 aromatic heterocycles. The Morgan fingerprint density at radius 1 is 1.21 bits per heavy atom. The van der Waals surface area contributed by atoms with Crippen molar-refractivity contribution in [1.29, 1.82) is 0 Å². The standard InChI is InChI=1S/C25H27FN2O4S/c1-30-22-9-8-18(12-23(22)31-2)25-27-20(16-33-25)13-24(29)28(15-21-7-4-10-32-21)14-17-5-3-6-19(26)11-17/h3,5-6,8-9,11-12,16,21H,4,7,10,13-15H2,1-2H3. The van der Waals surface area contributed by atoms with Gasteiger partial charge in [0.2, 0.25) is 5.91 Å². The summed E-state index contributed by atoms with van der Waals surface area (Å²) in [5, 5.41) is 2.70. The van der Waals surface area contributed by atoms with Crippen molar-refractivity contribution in [1.82, 2.24) is 9.88 Å².